The Bertz CT molecular complexity index is 596. The van der Waals surface area contributed by atoms with Crippen LogP contribution in [-0.2, 0) is 11.3 Å². The molecule has 4 heteroatoms. The molecule has 0 saturated heterocycles. The minimum Gasteiger partial charge on any atom is -0.385 e. The number of hydrogen-bond acceptors (Lipinski definition) is 2. The quantitative estimate of drug-likeness (QED) is 0.853. The van der Waals surface area contributed by atoms with Crippen molar-refractivity contribution in [2.24, 2.45) is 0 Å². The van der Waals surface area contributed by atoms with E-state index >= 15 is 0 Å². The van der Waals surface area contributed by atoms with Gasteiger partial charge in [0, 0.05) is 30.2 Å². The molecular weight excluding hydrogens is 284 g/mol. The predicted octanol–water partition coefficient (Wildman–Crippen LogP) is 3.77. The van der Waals surface area contributed by atoms with Crippen LogP contribution in [0.2, 0.25) is 5.02 Å². The minimum absolute atomic E-state index is 0.0325. The number of nitrogens with one attached hydrogen (secondary N) is 2. The monoisotopic (exact) mass is 302 g/mol. The van der Waals surface area contributed by atoms with Crippen LogP contribution in [0, 0.1) is 6.92 Å². The fourth-order valence-corrected chi connectivity index (χ4v) is 2.09. The van der Waals surface area contributed by atoms with Gasteiger partial charge >= 0.3 is 0 Å². The van der Waals surface area contributed by atoms with Crippen LogP contribution in [0.15, 0.2) is 48.5 Å². The van der Waals surface area contributed by atoms with Crippen molar-refractivity contribution >= 4 is 23.2 Å². The number of benzene rings is 2. The molecule has 110 valence electrons. The first-order valence-electron chi connectivity index (χ1n) is 6.95. The summed E-state index contributed by atoms with van der Waals surface area (Å²) in [5.41, 5.74) is 3.28. The number of halogens is 1. The second-order valence-corrected chi connectivity index (χ2v) is 5.39. The second-order valence-electron chi connectivity index (χ2n) is 4.95. The smallest absolute Gasteiger partial charge is 0.222 e. The fraction of sp³-hybridized carbons (Fsp3) is 0.235. The average Bonchev–Trinajstić information content (AvgIpc) is 2.47. The summed E-state index contributed by atoms with van der Waals surface area (Å²) in [4.78, 5) is 11.8. The van der Waals surface area contributed by atoms with Gasteiger partial charge < -0.3 is 10.6 Å². The van der Waals surface area contributed by atoms with Crippen LogP contribution in [-0.4, -0.2) is 12.5 Å². The summed E-state index contributed by atoms with van der Waals surface area (Å²) in [5, 5.41) is 6.84. The third kappa shape index (κ3) is 5.48. The zero-order valence-electron chi connectivity index (χ0n) is 12.0. The minimum atomic E-state index is 0.0325. The molecule has 0 heterocycles. The normalized spacial score (nSPS) is 10.2. The van der Waals surface area contributed by atoms with Crippen molar-refractivity contribution in [1.29, 1.82) is 0 Å². The third-order valence-electron chi connectivity index (χ3n) is 3.10. The van der Waals surface area contributed by atoms with Crippen molar-refractivity contribution in [2.45, 2.75) is 19.9 Å². The highest BCUT2D eigenvalue weighted by atomic mass is 35.5. The maximum atomic E-state index is 11.8. The molecule has 3 nitrogen and oxygen atoms in total. The van der Waals surface area contributed by atoms with E-state index in [9.17, 15) is 4.79 Å². The van der Waals surface area contributed by atoms with Gasteiger partial charge in [-0.05, 0) is 42.3 Å². The predicted molar refractivity (Wildman–Crippen MR) is 87.6 cm³/mol. The Balaban J connectivity index is 1.69. The van der Waals surface area contributed by atoms with Crippen LogP contribution in [0.1, 0.15) is 17.5 Å². The number of hydrogen-bond donors (Lipinski definition) is 2. The lowest BCUT2D eigenvalue weighted by molar-refractivity contribution is -0.121. The van der Waals surface area contributed by atoms with E-state index in [1.165, 1.54) is 5.56 Å². The summed E-state index contributed by atoms with van der Waals surface area (Å²) in [5.74, 6) is 0.0325. The average molecular weight is 303 g/mol. The zero-order valence-corrected chi connectivity index (χ0v) is 12.8. The number of carbonyl (C=O) groups excluding carboxylic acids is 1. The fourth-order valence-electron chi connectivity index (χ4n) is 1.97. The molecule has 21 heavy (non-hydrogen) atoms. The maximum Gasteiger partial charge on any atom is 0.222 e. The van der Waals surface area contributed by atoms with Crippen LogP contribution >= 0.6 is 11.6 Å². The standard InChI is InChI=1S/C17H19ClN2O/c1-13-3-2-4-16(11-13)19-10-9-17(21)20-12-14-5-7-15(18)8-6-14/h2-8,11,19H,9-10,12H2,1H3,(H,20,21). The van der Waals surface area contributed by atoms with E-state index in [0.717, 1.165) is 11.3 Å². The number of amides is 1. The van der Waals surface area contributed by atoms with Gasteiger partial charge in [0.15, 0.2) is 0 Å². The molecule has 2 aromatic rings. The SMILES string of the molecule is Cc1cccc(NCCC(=O)NCc2ccc(Cl)cc2)c1. The van der Waals surface area contributed by atoms with Gasteiger partial charge in [0.1, 0.15) is 0 Å². The molecule has 0 atom stereocenters. The Morgan fingerprint density at radius 3 is 2.62 bits per heavy atom. The van der Waals surface area contributed by atoms with E-state index in [0.29, 0.717) is 24.5 Å². The van der Waals surface area contributed by atoms with Crippen molar-refractivity contribution in [3.63, 3.8) is 0 Å². The van der Waals surface area contributed by atoms with Gasteiger partial charge in [-0.25, -0.2) is 0 Å². The molecule has 0 bridgehead atoms. The number of carbonyl (C=O) groups is 1. The summed E-state index contributed by atoms with van der Waals surface area (Å²) in [6.07, 6.45) is 0.446. The molecule has 0 spiro atoms. The molecule has 2 aromatic carbocycles. The van der Waals surface area contributed by atoms with Gasteiger partial charge in [-0.2, -0.15) is 0 Å². The molecule has 0 aliphatic rings. The molecule has 0 aliphatic carbocycles. The zero-order chi connectivity index (χ0) is 15.1. The molecule has 0 fully saturated rings. The Kier molecular flexibility index (Phi) is 5.64. The number of rotatable bonds is 6. The number of anilines is 1. The molecule has 0 aromatic heterocycles. The van der Waals surface area contributed by atoms with Crippen molar-refractivity contribution in [3.05, 3.63) is 64.7 Å². The topological polar surface area (TPSA) is 41.1 Å². The van der Waals surface area contributed by atoms with Crippen LogP contribution in [0.3, 0.4) is 0 Å². The van der Waals surface area contributed by atoms with Crippen LogP contribution < -0.4 is 10.6 Å². The largest absolute Gasteiger partial charge is 0.385 e. The molecule has 0 radical (unpaired) electrons. The van der Waals surface area contributed by atoms with Gasteiger partial charge in [0.2, 0.25) is 5.91 Å². The van der Waals surface area contributed by atoms with Gasteiger partial charge in [-0.15, -0.1) is 0 Å². The van der Waals surface area contributed by atoms with Gasteiger partial charge in [-0.3, -0.25) is 4.79 Å². The van der Waals surface area contributed by atoms with Crippen molar-refractivity contribution in [3.8, 4) is 0 Å². The summed E-state index contributed by atoms with van der Waals surface area (Å²) >= 11 is 5.82. The second kappa shape index (κ2) is 7.70. The molecule has 1 amide bonds. The highest BCUT2D eigenvalue weighted by molar-refractivity contribution is 6.30. The number of aryl methyl sites for hydroxylation is 1. The molecule has 0 saturated carbocycles. The van der Waals surface area contributed by atoms with Gasteiger partial charge in [-0.1, -0.05) is 35.9 Å². The first-order chi connectivity index (χ1) is 10.1. The first-order valence-corrected chi connectivity index (χ1v) is 7.33. The molecular formula is C17H19ClN2O. The summed E-state index contributed by atoms with van der Waals surface area (Å²) in [7, 11) is 0. The molecule has 2 rings (SSSR count). The van der Waals surface area contributed by atoms with E-state index in [4.69, 9.17) is 11.6 Å². The van der Waals surface area contributed by atoms with E-state index in [1.54, 1.807) is 0 Å². The highest BCUT2D eigenvalue weighted by Gasteiger charge is 2.01. The Labute approximate surface area is 130 Å². The summed E-state index contributed by atoms with van der Waals surface area (Å²) in [6.45, 7) is 3.19. The lowest BCUT2D eigenvalue weighted by Crippen LogP contribution is -2.24. The van der Waals surface area contributed by atoms with Gasteiger partial charge in [0.05, 0.1) is 0 Å². The van der Waals surface area contributed by atoms with Crippen molar-refractivity contribution in [1.82, 2.24) is 5.32 Å². The Morgan fingerprint density at radius 2 is 1.90 bits per heavy atom. The van der Waals surface area contributed by atoms with E-state index in [2.05, 4.69) is 16.7 Å². The van der Waals surface area contributed by atoms with Crippen LogP contribution in [0.4, 0.5) is 5.69 Å². The molecule has 0 aliphatic heterocycles. The lowest BCUT2D eigenvalue weighted by Gasteiger charge is -2.08. The summed E-state index contributed by atoms with van der Waals surface area (Å²) in [6, 6.07) is 15.6. The lowest BCUT2D eigenvalue weighted by atomic mass is 10.2. The van der Waals surface area contributed by atoms with E-state index < -0.39 is 0 Å². The highest BCUT2D eigenvalue weighted by Crippen LogP contribution is 2.10. The Hall–Kier alpha value is -2.00. The van der Waals surface area contributed by atoms with Gasteiger partial charge in [0.25, 0.3) is 0 Å². The van der Waals surface area contributed by atoms with Crippen LogP contribution in [0.5, 0.6) is 0 Å². The molecule has 0 unspecified atom stereocenters. The first kappa shape index (κ1) is 15.4. The van der Waals surface area contributed by atoms with Crippen LogP contribution in [0.25, 0.3) is 0 Å². The van der Waals surface area contributed by atoms with Crippen molar-refractivity contribution < 1.29 is 4.79 Å². The third-order valence-corrected chi connectivity index (χ3v) is 3.35. The van der Waals surface area contributed by atoms with E-state index in [1.807, 2.05) is 49.4 Å². The maximum absolute atomic E-state index is 11.8. The summed E-state index contributed by atoms with van der Waals surface area (Å²) < 4.78 is 0. The Morgan fingerprint density at radius 1 is 1.14 bits per heavy atom. The molecule has 2 N–H and O–H groups in total. The van der Waals surface area contributed by atoms with Crippen molar-refractivity contribution in [2.75, 3.05) is 11.9 Å². The van der Waals surface area contributed by atoms with E-state index in [-0.39, 0.29) is 5.91 Å².